The van der Waals surface area contributed by atoms with E-state index in [1.807, 2.05) is 24.3 Å². The second-order valence-corrected chi connectivity index (χ2v) is 7.58. The SMILES string of the molecule is COc1ccc(C[C@]2(C(=O)O)CCC[C@@H]2NC(=O)OC(C)(C)C)cc1. The Hall–Kier alpha value is -2.24. The molecule has 1 aliphatic carbocycles. The third kappa shape index (κ3) is 4.65. The lowest BCUT2D eigenvalue weighted by atomic mass is 9.77. The summed E-state index contributed by atoms with van der Waals surface area (Å²) in [4.78, 5) is 24.2. The number of methoxy groups -OCH3 is 1. The first-order valence-electron chi connectivity index (χ1n) is 8.52. The first kappa shape index (κ1) is 19.1. The third-order valence-electron chi connectivity index (χ3n) is 4.58. The Morgan fingerprint density at radius 1 is 1.28 bits per heavy atom. The van der Waals surface area contributed by atoms with Crippen molar-refractivity contribution in [1.82, 2.24) is 5.32 Å². The number of benzene rings is 1. The molecule has 2 atom stereocenters. The average Bonchev–Trinajstić information content (AvgIpc) is 2.90. The maximum Gasteiger partial charge on any atom is 0.407 e. The van der Waals surface area contributed by atoms with Crippen LogP contribution in [0.1, 0.15) is 45.6 Å². The van der Waals surface area contributed by atoms with Gasteiger partial charge in [-0.05, 0) is 57.7 Å². The highest BCUT2D eigenvalue weighted by Crippen LogP contribution is 2.42. The van der Waals surface area contributed by atoms with Crippen molar-refractivity contribution in [2.45, 2.75) is 58.1 Å². The zero-order chi connectivity index (χ0) is 18.7. The molecule has 0 heterocycles. The quantitative estimate of drug-likeness (QED) is 0.851. The standard InChI is InChI=1S/C19H27NO5/c1-18(2,3)25-17(23)20-15-6-5-11-19(15,16(21)22)12-13-7-9-14(24-4)10-8-13/h7-10,15H,5-6,11-12H2,1-4H3,(H,20,23)(H,21,22)/t15-,19+/m0/s1. The third-order valence-corrected chi connectivity index (χ3v) is 4.58. The van der Waals surface area contributed by atoms with E-state index in [0.717, 1.165) is 17.7 Å². The van der Waals surface area contributed by atoms with E-state index in [0.29, 0.717) is 19.3 Å². The van der Waals surface area contributed by atoms with Crippen LogP contribution in [0.3, 0.4) is 0 Å². The van der Waals surface area contributed by atoms with Crippen LogP contribution in [0.2, 0.25) is 0 Å². The van der Waals surface area contributed by atoms with E-state index in [2.05, 4.69) is 5.32 Å². The van der Waals surface area contributed by atoms with Crippen LogP contribution in [-0.2, 0) is 16.0 Å². The zero-order valence-electron chi connectivity index (χ0n) is 15.3. The molecule has 0 radical (unpaired) electrons. The molecule has 138 valence electrons. The molecule has 2 rings (SSSR count). The van der Waals surface area contributed by atoms with Gasteiger partial charge in [-0.3, -0.25) is 4.79 Å². The predicted octanol–water partition coefficient (Wildman–Crippen LogP) is 3.39. The number of nitrogens with one attached hydrogen (secondary N) is 1. The Labute approximate surface area is 148 Å². The van der Waals surface area contributed by atoms with Gasteiger partial charge in [-0.1, -0.05) is 18.6 Å². The topological polar surface area (TPSA) is 84.9 Å². The van der Waals surface area contributed by atoms with Crippen LogP contribution in [0.15, 0.2) is 24.3 Å². The lowest BCUT2D eigenvalue weighted by Gasteiger charge is -2.32. The molecule has 6 nitrogen and oxygen atoms in total. The lowest BCUT2D eigenvalue weighted by molar-refractivity contribution is -0.149. The molecule has 0 spiro atoms. The summed E-state index contributed by atoms with van der Waals surface area (Å²) < 4.78 is 10.4. The van der Waals surface area contributed by atoms with Crippen LogP contribution in [0.5, 0.6) is 5.75 Å². The highest BCUT2D eigenvalue weighted by atomic mass is 16.6. The molecule has 0 saturated heterocycles. The van der Waals surface area contributed by atoms with Gasteiger partial charge in [-0.2, -0.15) is 0 Å². The van der Waals surface area contributed by atoms with E-state index in [-0.39, 0.29) is 0 Å². The molecule has 1 aliphatic rings. The van der Waals surface area contributed by atoms with Crippen molar-refractivity contribution in [2.75, 3.05) is 7.11 Å². The Kier molecular flexibility index (Phi) is 5.60. The molecule has 6 heteroatoms. The summed E-state index contributed by atoms with van der Waals surface area (Å²) >= 11 is 0. The second kappa shape index (κ2) is 7.33. The van der Waals surface area contributed by atoms with Crippen LogP contribution < -0.4 is 10.1 Å². The zero-order valence-corrected chi connectivity index (χ0v) is 15.3. The minimum Gasteiger partial charge on any atom is -0.497 e. The molecule has 1 aromatic carbocycles. The van der Waals surface area contributed by atoms with Crippen LogP contribution >= 0.6 is 0 Å². The van der Waals surface area contributed by atoms with E-state index >= 15 is 0 Å². The van der Waals surface area contributed by atoms with Crippen molar-refractivity contribution < 1.29 is 24.2 Å². The Balaban J connectivity index is 2.18. The van der Waals surface area contributed by atoms with Crippen LogP contribution in [-0.4, -0.2) is 35.9 Å². The number of alkyl carbamates (subject to hydrolysis) is 1. The molecule has 1 fully saturated rings. The van der Waals surface area contributed by atoms with Crippen LogP contribution in [0, 0.1) is 5.41 Å². The fraction of sp³-hybridized carbons (Fsp3) is 0.579. The van der Waals surface area contributed by atoms with Gasteiger partial charge in [0.05, 0.1) is 12.5 Å². The van der Waals surface area contributed by atoms with Gasteiger partial charge < -0.3 is 19.9 Å². The molecular weight excluding hydrogens is 322 g/mol. The molecule has 1 amide bonds. The van der Waals surface area contributed by atoms with E-state index in [9.17, 15) is 14.7 Å². The van der Waals surface area contributed by atoms with E-state index in [4.69, 9.17) is 9.47 Å². The maximum absolute atomic E-state index is 12.1. The summed E-state index contributed by atoms with van der Waals surface area (Å²) in [5.74, 6) is -0.162. The van der Waals surface area contributed by atoms with E-state index in [1.165, 1.54) is 0 Å². The van der Waals surface area contributed by atoms with Gasteiger partial charge in [0.15, 0.2) is 0 Å². The van der Waals surface area contributed by atoms with Gasteiger partial charge in [0, 0.05) is 6.04 Å². The highest BCUT2D eigenvalue weighted by molar-refractivity contribution is 5.78. The number of carboxylic acid groups (broad SMARTS) is 1. The van der Waals surface area contributed by atoms with Crippen LogP contribution in [0.25, 0.3) is 0 Å². The van der Waals surface area contributed by atoms with Crippen molar-refractivity contribution in [3.63, 3.8) is 0 Å². The molecule has 0 unspecified atom stereocenters. The molecule has 25 heavy (non-hydrogen) atoms. The van der Waals surface area contributed by atoms with Crippen molar-refractivity contribution in [2.24, 2.45) is 5.41 Å². The molecule has 0 bridgehead atoms. The Bertz CT molecular complexity index is 620. The second-order valence-electron chi connectivity index (χ2n) is 7.58. The summed E-state index contributed by atoms with van der Waals surface area (Å²) in [6, 6.07) is 6.91. The summed E-state index contributed by atoms with van der Waals surface area (Å²) in [5, 5.41) is 12.7. The molecule has 0 aromatic heterocycles. The summed E-state index contributed by atoms with van der Waals surface area (Å²) in [5.41, 5.74) is -0.739. The number of ether oxygens (including phenoxy) is 2. The van der Waals surface area contributed by atoms with Crippen molar-refractivity contribution in [3.8, 4) is 5.75 Å². The smallest absolute Gasteiger partial charge is 0.407 e. The van der Waals surface area contributed by atoms with E-state index < -0.39 is 29.1 Å². The van der Waals surface area contributed by atoms with Crippen molar-refractivity contribution in [1.29, 1.82) is 0 Å². The highest BCUT2D eigenvalue weighted by Gasteiger charge is 2.50. The van der Waals surface area contributed by atoms with Gasteiger partial charge in [-0.25, -0.2) is 4.79 Å². The largest absolute Gasteiger partial charge is 0.497 e. The van der Waals surface area contributed by atoms with Crippen LogP contribution in [0.4, 0.5) is 4.79 Å². The molecule has 2 N–H and O–H groups in total. The Morgan fingerprint density at radius 2 is 1.92 bits per heavy atom. The molecule has 0 aliphatic heterocycles. The molecule has 1 aromatic rings. The Morgan fingerprint density at radius 3 is 2.44 bits per heavy atom. The number of carboxylic acids is 1. The monoisotopic (exact) mass is 349 g/mol. The van der Waals surface area contributed by atoms with Gasteiger partial charge in [0.25, 0.3) is 0 Å². The summed E-state index contributed by atoms with van der Waals surface area (Å²) in [6.45, 7) is 5.34. The predicted molar refractivity (Wildman–Crippen MR) is 93.8 cm³/mol. The average molecular weight is 349 g/mol. The summed E-state index contributed by atoms with van der Waals surface area (Å²) in [7, 11) is 1.59. The number of rotatable bonds is 5. The summed E-state index contributed by atoms with van der Waals surface area (Å²) in [6.07, 6.45) is 1.69. The molecular formula is C19H27NO5. The normalized spacial score (nSPS) is 23.1. The number of carbonyl (C=O) groups excluding carboxylic acids is 1. The first-order valence-corrected chi connectivity index (χ1v) is 8.52. The van der Waals surface area contributed by atoms with Crippen molar-refractivity contribution in [3.05, 3.63) is 29.8 Å². The maximum atomic E-state index is 12.1. The fourth-order valence-electron chi connectivity index (χ4n) is 3.38. The molecule has 1 saturated carbocycles. The number of hydrogen-bond acceptors (Lipinski definition) is 4. The number of aliphatic carboxylic acids is 1. The van der Waals surface area contributed by atoms with Gasteiger partial charge >= 0.3 is 12.1 Å². The van der Waals surface area contributed by atoms with Gasteiger partial charge in [0.1, 0.15) is 11.4 Å². The minimum atomic E-state index is -1.02. The first-order chi connectivity index (χ1) is 11.7. The number of hydrogen-bond donors (Lipinski definition) is 2. The number of carbonyl (C=O) groups is 2. The minimum absolute atomic E-state index is 0.354. The lowest BCUT2D eigenvalue weighted by Crippen LogP contribution is -2.51. The van der Waals surface area contributed by atoms with Crippen molar-refractivity contribution >= 4 is 12.1 Å². The number of amides is 1. The van der Waals surface area contributed by atoms with E-state index in [1.54, 1.807) is 27.9 Å². The van der Waals surface area contributed by atoms with Gasteiger partial charge in [-0.15, -0.1) is 0 Å². The fourth-order valence-corrected chi connectivity index (χ4v) is 3.38. The van der Waals surface area contributed by atoms with Gasteiger partial charge in [0.2, 0.25) is 0 Å².